The van der Waals surface area contributed by atoms with Gasteiger partial charge in [-0.1, -0.05) is 18.0 Å². The van der Waals surface area contributed by atoms with Crippen LogP contribution in [0.4, 0.5) is 5.69 Å². The van der Waals surface area contributed by atoms with E-state index in [1.165, 1.54) is 12.1 Å². The SMILES string of the molecule is C[C@@H]1CCC[C@H](C)N1S(=O)(=O)c1cc(Cl)ccc1N. The zero-order valence-corrected chi connectivity index (χ0v) is 12.7. The smallest absolute Gasteiger partial charge is 0.245 e. The average Bonchev–Trinajstić information content (AvgIpc) is 2.31. The van der Waals surface area contributed by atoms with Crippen molar-refractivity contribution in [2.75, 3.05) is 5.73 Å². The number of benzene rings is 1. The molecule has 106 valence electrons. The van der Waals surface area contributed by atoms with Crippen LogP contribution in [0.3, 0.4) is 0 Å². The van der Waals surface area contributed by atoms with E-state index in [1.54, 1.807) is 10.4 Å². The monoisotopic (exact) mass is 302 g/mol. The molecule has 0 aromatic heterocycles. The third-order valence-electron chi connectivity index (χ3n) is 3.64. The first kappa shape index (κ1) is 14.6. The summed E-state index contributed by atoms with van der Waals surface area (Å²) in [6.45, 7) is 3.88. The molecule has 1 aliphatic rings. The maximum Gasteiger partial charge on any atom is 0.245 e. The average molecular weight is 303 g/mol. The van der Waals surface area contributed by atoms with Crippen LogP contribution in [0, 0.1) is 0 Å². The fraction of sp³-hybridized carbons (Fsp3) is 0.538. The van der Waals surface area contributed by atoms with E-state index in [0.717, 1.165) is 19.3 Å². The second-order valence-corrected chi connectivity index (χ2v) is 7.39. The molecule has 19 heavy (non-hydrogen) atoms. The summed E-state index contributed by atoms with van der Waals surface area (Å²) in [6.07, 6.45) is 2.81. The first-order valence-electron chi connectivity index (χ1n) is 6.42. The van der Waals surface area contributed by atoms with Crippen LogP contribution in [0.2, 0.25) is 5.02 Å². The summed E-state index contributed by atoms with van der Waals surface area (Å²) in [7, 11) is -3.59. The van der Waals surface area contributed by atoms with E-state index in [2.05, 4.69) is 0 Å². The summed E-state index contributed by atoms with van der Waals surface area (Å²) in [5.41, 5.74) is 6.05. The van der Waals surface area contributed by atoms with E-state index >= 15 is 0 Å². The van der Waals surface area contributed by atoms with Crippen molar-refractivity contribution in [3.8, 4) is 0 Å². The Morgan fingerprint density at radius 2 is 1.84 bits per heavy atom. The Kier molecular flexibility index (Phi) is 4.08. The number of nitrogen functional groups attached to an aromatic ring is 1. The Bertz CT molecular complexity index is 564. The van der Waals surface area contributed by atoms with Gasteiger partial charge in [0.2, 0.25) is 10.0 Å². The molecule has 0 spiro atoms. The molecule has 2 atom stereocenters. The van der Waals surface area contributed by atoms with Crippen molar-refractivity contribution in [2.45, 2.75) is 50.1 Å². The Balaban J connectivity index is 2.49. The molecule has 1 saturated heterocycles. The second kappa shape index (κ2) is 5.31. The van der Waals surface area contributed by atoms with E-state index in [-0.39, 0.29) is 22.7 Å². The molecule has 0 saturated carbocycles. The molecule has 2 N–H and O–H groups in total. The molecule has 6 heteroatoms. The van der Waals surface area contributed by atoms with Crippen LogP contribution in [-0.4, -0.2) is 24.8 Å². The minimum atomic E-state index is -3.59. The molecule has 4 nitrogen and oxygen atoms in total. The van der Waals surface area contributed by atoms with Gasteiger partial charge in [-0.15, -0.1) is 0 Å². The van der Waals surface area contributed by atoms with Crippen LogP contribution >= 0.6 is 11.6 Å². The summed E-state index contributed by atoms with van der Waals surface area (Å²) < 4.78 is 27.1. The van der Waals surface area contributed by atoms with E-state index < -0.39 is 10.0 Å². The van der Waals surface area contributed by atoms with Crippen molar-refractivity contribution in [1.82, 2.24) is 4.31 Å². The summed E-state index contributed by atoms with van der Waals surface area (Å²) in [6, 6.07) is 4.55. The molecule has 0 bridgehead atoms. The lowest BCUT2D eigenvalue weighted by Crippen LogP contribution is -2.47. The quantitative estimate of drug-likeness (QED) is 0.854. The summed E-state index contributed by atoms with van der Waals surface area (Å²) in [4.78, 5) is 0.112. The van der Waals surface area contributed by atoms with Crippen LogP contribution in [0.15, 0.2) is 23.1 Å². The van der Waals surface area contributed by atoms with E-state index in [9.17, 15) is 8.42 Å². The lowest BCUT2D eigenvalue weighted by atomic mass is 10.0. The normalized spacial score (nSPS) is 25.4. The van der Waals surface area contributed by atoms with Gasteiger partial charge in [-0.25, -0.2) is 8.42 Å². The van der Waals surface area contributed by atoms with Crippen molar-refractivity contribution in [2.24, 2.45) is 0 Å². The van der Waals surface area contributed by atoms with Crippen molar-refractivity contribution >= 4 is 27.3 Å². The molecule has 0 amide bonds. The number of anilines is 1. The standard InChI is InChI=1S/C13H19ClN2O2S/c1-9-4-3-5-10(2)16(9)19(17,18)13-8-11(14)6-7-12(13)15/h6-10H,3-5,15H2,1-2H3/t9-,10+. The molecular formula is C13H19ClN2O2S. The minimum Gasteiger partial charge on any atom is -0.398 e. The summed E-state index contributed by atoms with van der Waals surface area (Å²) in [5.74, 6) is 0. The largest absolute Gasteiger partial charge is 0.398 e. The predicted octanol–water partition coefficient (Wildman–Crippen LogP) is 2.87. The molecule has 1 aliphatic heterocycles. The van der Waals surface area contributed by atoms with Crippen molar-refractivity contribution in [1.29, 1.82) is 0 Å². The van der Waals surface area contributed by atoms with Gasteiger partial charge in [0.25, 0.3) is 0 Å². The van der Waals surface area contributed by atoms with Gasteiger partial charge in [0, 0.05) is 17.1 Å². The fourth-order valence-electron chi connectivity index (χ4n) is 2.72. The van der Waals surface area contributed by atoms with E-state index in [4.69, 9.17) is 17.3 Å². The molecule has 0 unspecified atom stereocenters. The number of hydrogen-bond donors (Lipinski definition) is 1. The minimum absolute atomic E-state index is 0.00729. The molecule has 0 radical (unpaired) electrons. The highest BCUT2D eigenvalue weighted by molar-refractivity contribution is 7.89. The molecular weight excluding hydrogens is 284 g/mol. The lowest BCUT2D eigenvalue weighted by Gasteiger charge is -2.37. The summed E-state index contributed by atoms with van der Waals surface area (Å²) >= 11 is 5.90. The van der Waals surface area contributed by atoms with Gasteiger partial charge in [-0.2, -0.15) is 4.31 Å². The molecule has 1 aromatic rings. The van der Waals surface area contributed by atoms with E-state index in [1.807, 2.05) is 13.8 Å². The van der Waals surface area contributed by atoms with Crippen molar-refractivity contribution < 1.29 is 8.42 Å². The summed E-state index contributed by atoms with van der Waals surface area (Å²) in [5, 5.41) is 0.380. The molecule has 1 aromatic carbocycles. The number of rotatable bonds is 2. The van der Waals surface area contributed by atoms with Gasteiger partial charge >= 0.3 is 0 Å². The van der Waals surface area contributed by atoms with Crippen molar-refractivity contribution in [3.63, 3.8) is 0 Å². The van der Waals surface area contributed by atoms with Gasteiger partial charge in [-0.05, 0) is 44.9 Å². The highest BCUT2D eigenvalue weighted by atomic mass is 35.5. The Labute approximate surface area is 119 Å². The third-order valence-corrected chi connectivity index (χ3v) is 6.06. The van der Waals surface area contributed by atoms with Crippen LogP contribution < -0.4 is 5.73 Å². The predicted molar refractivity (Wildman–Crippen MR) is 77.7 cm³/mol. The van der Waals surface area contributed by atoms with Gasteiger partial charge in [0.15, 0.2) is 0 Å². The number of hydrogen-bond acceptors (Lipinski definition) is 3. The zero-order chi connectivity index (χ0) is 14.2. The van der Waals surface area contributed by atoms with Crippen LogP contribution in [0.1, 0.15) is 33.1 Å². The number of piperidine rings is 1. The first-order valence-corrected chi connectivity index (χ1v) is 8.24. The maximum absolute atomic E-state index is 12.8. The maximum atomic E-state index is 12.8. The van der Waals surface area contributed by atoms with Gasteiger partial charge in [0.1, 0.15) is 4.90 Å². The third kappa shape index (κ3) is 2.73. The lowest BCUT2D eigenvalue weighted by molar-refractivity contribution is 0.204. The topological polar surface area (TPSA) is 63.4 Å². The number of halogens is 1. The number of nitrogens with zero attached hydrogens (tertiary/aromatic N) is 1. The Morgan fingerprint density at radius 3 is 2.42 bits per heavy atom. The number of nitrogens with two attached hydrogens (primary N) is 1. The van der Waals surface area contributed by atoms with Crippen LogP contribution in [-0.2, 0) is 10.0 Å². The van der Waals surface area contributed by atoms with E-state index in [0.29, 0.717) is 5.02 Å². The molecule has 0 aliphatic carbocycles. The van der Waals surface area contributed by atoms with Crippen LogP contribution in [0.5, 0.6) is 0 Å². The molecule has 2 rings (SSSR count). The molecule has 1 fully saturated rings. The van der Waals surface area contributed by atoms with Crippen LogP contribution in [0.25, 0.3) is 0 Å². The first-order chi connectivity index (χ1) is 8.84. The van der Waals surface area contributed by atoms with Gasteiger partial charge in [0.05, 0.1) is 5.69 Å². The molecule has 1 heterocycles. The zero-order valence-electron chi connectivity index (χ0n) is 11.1. The Hall–Kier alpha value is -0.780. The van der Waals surface area contributed by atoms with Crippen molar-refractivity contribution in [3.05, 3.63) is 23.2 Å². The second-order valence-electron chi connectivity index (χ2n) is 5.15. The van der Waals surface area contributed by atoms with Gasteiger partial charge in [-0.3, -0.25) is 0 Å². The highest BCUT2D eigenvalue weighted by Crippen LogP contribution is 2.32. The number of sulfonamides is 1. The Morgan fingerprint density at radius 1 is 1.26 bits per heavy atom. The highest BCUT2D eigenvalue weighted by Gasteiger charge is 2.36. The van der Waals surface area contributed by atoms with Gasteiger partial charge < -0.3 is 5.73 Å². The fourth-order valence-corrected chi connectivity index (χ4v) is 4.98.